The fourth-order valence-corrected chi connectivity index (χ4v) is 2.07. The van der Waals surface area contributed by atoms with E-state index in [1.807, 2.05) is 0 Å². The van der Waals surface area contributed by atoms with Gasteiger partial charge in [-0.1, -0.05) is 6.07 Å². The quantitative estimate of drug-likeness (QED) is 0.675. The third-order valence-corrected chi connectivity index (χ3v) is 3.36. The molecule has 0 saturated carbocycles. The van der Waals surface area contributed by atoms with Crippen molar-refractivity contribution in [2.45, 2.75) is 6.42 Å². The lowest BCUT2D eigenvalue weighted by Crippen LogP contribution is -2.32. The molecule has 0 aliphatic carbocycles. The van der Waals surface area contributed by atoms with Gasteiger partial charge in [0.1, 0.15) is 11.6 Å². The Labute approximate surface area is 145 Å². The van der Waals surface area contributed by atoms with Gasteiger partial charge in [-0.05, 0) is 48.9 Å². The van der Waals surface area contributed by atoms with E-state index in [1.54, 1.807) is 37.4 Å². The number of hydrogen-bond donors (Lipinski definition) is 3. The van der Waals surface area contributed by atoms with Gasteiger partial charge in [0, 0.05) is 24.3 Å². The van der Waals surface area contributed by atoms with Gasteiger partial charge in [-0.2, -0.15) is 0 Å². The molecule has 0 unspecified atom stereocenters. The fourth-order valence-electron chi connectivity index (χ4n) is 2.07. The number of urea groups is 1. The molecule has 3 N–H and O–H groups in total. The number of carbonyl (C=O) groups is 2. The average molecular weight is 345 g/mol. The van der Waals surface area contributed by atoms with Crippen molar-refractivity contribution in [2.75, 3.05) is 25.5 Å². The summed E-state index contributed by atoms with van der Waals surface area (Å²) in [6, 6.07) is 12.1. The van der Waals surface area contributed by atoms with Gasteiger partial charge < -0.3 is 20.7 Å². The Morgan fingerprint density at radius 2 is 1.76 bits per heavy atom. The molecule has 6 nitrogen and oxygen atoms in total. The lowest BCUT2D eigenvalue weighted by atomic mass is 10.2. The van der Waals surface area contributed by atoms with Gasteiger partial charge in [-0.25, -0.2) is 9.18 Å². The van der Waals surface area contributed by atoms with E-state index in [0.29, 0.717) is 30.9 Å². The molecule has 0 saturated heterocycles. The van der Waals surface area contributed by atoms with Crippen molar-refractivity contribution in [2.24, 2.45) is 0 Å². The molecule has 25 heavy (non-hydrogen) atoms. The first-order valence-electron chi connectivity index (χ1n) is 7.81. The smallest absolute Gasteiger partial charge is 0.319 e. The van der Waals surface area contributed by atoms with Crippen molar-refractivity contribution in [1.29, 1.82) is 0 Å². The maximum Gasteiger partial charge on any atom is 0.319 e. The summed E-state index contributed by atoms with van der Waals surface area (Å²) in [7, 11) is 1.57. The van der Waals surface area contributed by atoms with Gasteiger partial charge >= 0.3 is 6.03 Å². The van der Waals surface area contributed by atoms with E-state index in [1.165, 1.54) is 18.2 Å². The van der Waals surface area contributed by atoms with Gasteiger partial charge in [0.2, 0.25) is 0 Å². The van der Waals surface area contributed by atoms with E-state index in [-0.39, 0.29) is 17.5 Å². The van der Waals surface area contributed by atoms with Gasteiger partial charge in [0.05, 0.1) is 7.11 Å². The van der Waals surface area contributed by atoms with Crippen LogP contribution in [0.4, 0.5) is 14.9 Å². The second-order valence-electron chi connectivity index (χ2n) is 5.23. The lowest BCUT2D eigenvalue weighted by Gasteiger charge is -2.09. The van der Waals surface area contributed by atoms with Crippen molar-refractivity contribution in [3.8, 4) is 5.75 Å². The second-order valence-corrected chi connectivity index (χ2v) is 5.23. The Morgan fingerprint density at radius 1 is 1.04 bits per heavy atom. The molecular formula is C18H20FN3O3. The van der Waals surface area contributed by atoms with E-state index in [4.69, 9.17) is 4.74 Å². The van der Waals surface area contributed by atoms with Crippen LogP contribution in [0.25, 0.3) is 0 Å². The van der Waals surface area contributed by atoms with Crippen LogP contribution in [-0.4, -0.2) is 32.1 Å². The highest BCUT2D eigenvalue weighted by molar-refractivity contribution is 5.94. The Hall–Kier alpha value is -3.09. The summed E-state index contributed by atoms with van der Waals surface area (Å²) in [5.41, 5.74) is 0.919. The third kappa shape index (κ3) is 6.14. The number of nitrogens with one attached hydrogen (secondary N) is 3. The molecule has 0 aliphatic rings. The molecule has 0 radical (unpaired) electrons. The normalized spacial score (nSPS) is 10.0. The Balaban J connectivity index is 1.63. The minimum Gasteiger partial charge on any atom is -0.497 e. The van der Waals surface area contributed by atoms with Crippen LogP contribution < -0.4 is 20.7 Å². The lowest BCUT2D eigenvalue weighted by molar-refractivity contribution is 0.0953. The number of ether oxygens (including phenoxy) is 1. The van der Waals surface area contributed by atoms with Crippen LogP contribution in [0.1, 0.15) is 16.8 Å². The summed E-state index contributed by atoms with van der Waals surface area (Å²) < 4.78 is 18.1. The molecule has 2 rings (SSSR count). The molecule has 0 atom stereocenters. The Kier molecular flexibility index (Phi) is 6.76. The highest BCUT2D eigenvalue weighted by Gasteiger charge is 2.06. The zero-order valence-corrected chi connectivity index (χ0v) is 13.8. The number of carbonyl (C=O) groups excluding carboxylic acids is 2. The summed E-state index contributed by atoms with van der Waals surface area (Å²) in [6.07, 6.45) is 0.553. The first kappa shape index (κ1) is 18.3. The Bertz CT molecular complexity index is 720. The van der Waals surface area contributed by atoms with E-state index in [9.17, 15) is 14.0 Å². The molecule has 0 heterocycles. The van der Waals surface area contributed by atoms with Crippen LogP contribution in [0.2, 0.25) is 0 Å². The zero-order valence-electron chi connectivity index (χ0n) is 13.8. The zero-order chi connectivity index (χ0) is 18.1. The predicted molar refractivity (Wildman–Crippen MR) is 93.4 cm³/mol. The van der Waals surface area contributed by atoms with Crippen molar-refractivity contribution in [3.63, 3.8) is 0 Å². The van der Waals surface area contributed by atoms with Crippen molar-refractivity contribution < 1.29 is 18.7 Å². The number of halogens is 1. The van der Waals surface area contributed by atoms with Crippen molar-refractivity contribution >= 4 is 17.6 Å². The molecule has 132 valence electrons. The van der Waals surface area contributed by atoms with Gasteiger partial charge in [-0.15, -0.1) is 0 Å². The summed E-state index contributed by atoms with van der Waals surface area (Å²) >= 11 is 0. The SMILES string of the molecule is COc1ccc(NC(=O)NCCCNC(=O)c2cccc(F)c2)cc1. The molecule has 2 aromatic rings. The molecule has 0 fully saturated rings. The standard InChI is InChI=1S/C18H20FN3O3/c1-25-16-8-6-15(7-9-16)22-18(24)21-11-3-10-20-17(23)13-4-2-5-14(19)12-13/h2,4-9,12H,3,10-11H2,1H3,(H,20,23)(H2,21,22,24). The van der Waals surface area contributed by atoms with Gasteiger partial charge in [0.15, 0.2) is 0 Å². The van der Waals surface area contributed by atoms with Crippen LogP contribution in [-0.2, 0) is 0 Å². The summed E-state index contributed by atoms with van der Waals surface area (Å²) in [5, 5.41) is 8.05. The molecule has 0 bridgehead atoms. The number of anilines is 1. The van der Waals surface area contributed by atoms with Gasteiger partial charge in [0.25, 0.3) is 5.91 Å². The number of rotatable bonds is 7. The van der Waals surface area contributed by atoms with Crippen molar-refractivity contribution in [3.05, 3.63) is 59.9 Å². The summed E-state index contributed by atoms with van der Waals surface area (Å²) in [5.74, 6) is -0.0910. The van der Waals surface area contributed by atoms with Crippen LogP contribution in [0.5, 0.6) is 5.75 Å². The number of amides is 3. The average Bonchev–Trinajstić information content (AvgIpc) is 2.62. The van der Waals surface area contributed by atoms with E-state index in [0.717, 1.165) is 0 Å². The minimum absolute atomic E-state index is 0.269. The monoisotopic (exact) mass is 345 g/mol. The van der Waals surface area contributed by atoms with Gasteiger partial charge in [-0.3, -0.25) is 4.79 Å². The molecular weight excluding hydrogens is 325 g/mol. The van der Waals surface area contributed by atoms with Crippen LogP contribution in [0.15, 0.2) is 48.5 Å². The Morgan fingerprint density at radius 3 is 2.44 bits per heavy atom. The molecule has 0 aromatic heterocycles. The van der Waals surface area contributed by atoms with E-state index >= 15 is 0 Å². The molecule has 7 heteroatoms. The molecule has 3 amide bonds. The molecule has 2 aromatic carbocycles. The number of hydrogen-bond acceptors (Lipinski definition) is 3. The summed E-state index contributed by atoms with van der Waals surface area (Å²) in [6.45, 7) is 0.767. The highest BCUT2D eigenvalue weighted by atomic mass is 19.1. The topological polar surface area (TPSA) is 79.5 Å². The third-order valence-electron chi connectivity index (χ3n) is 3.36. The molecule has 0 spiro atoms. The number of methoxy groups -OCH3 is 1. The fraction of sp³-hybridized carbons (Fsp3) is 0.222. The van der Waals surface area contributed by atoms with E-state index in [2.05, 4.69) is 16.0 Å². The minimum atomic E-state index is -0.454. The maximum absolute atomic E-state index is 13.0. The van der Waals surface area contributed by atoms with E-state index < -0.39 is 5.82 Å². The van der Waals surface area contributed by atoms with Crippen LogP contribution >= 0.6 is 0 Å². The highest BCUT2D eigenvalue weighted by Crippen LogP contribution is 2.14. The summed E-state index contributed by atoms with van der Waals surface area (Å²) in [4.78, 5) is 23.5. The number of benzene rings is 2. The maximum atomic E-state index is 13.0. The largest absolute Gasteiger partial charge is 0.497 e. The first-order valence-corrected chi connectivity index (χ1v) is 7.81. The first-order chi connectivity index (χ1) is 12.1. The van der Waals surface area contributed by atoms with Crippen LogP contribution in [0, 0.1) is 5.82 Å². The van der Waals surface area contributed by atoms with Crippen molar-refractivity contribution in [1.82, 2.24) is 10.6 Å². The molecule has 0 aliphatic heterocycles. The van der Waals surface area contributed by atoms with Crippen LogP contribution in [0.3, 0.4) is 0 Å². The predicted octanol–water partition coefficient (Wildman–Crippen LogP) is 2.78. The second kappa shape index (κ2) is 9.27.